The summed E-state index contributed by atoms with van der Waals surface area (Å²) in [5, 5.41) is 1.13. The predicted octanol–water partition coefficient (Wildman–Crippen LogP) is 5.69. The number of benzene rings is 1. The zero-order valence-electron chi connectivity index (χ0n) is 16.8. The molecule has 2 fully saturated rings. The van der Waals surface area contributed by atoms with E-state index in [0.29, 0.717) is 23.2 Å². The van der Waals surface area contributed by atoms with Crippen molar-refractivity contribution in [2.75, 3.05) is 20.3 Å². The number of hydrogen-bond donors (Lipinski definition) is 0. The largest absolute Gasteiger partial charge is 0.444 e. The molecule has 1 saturated heterocycles. The van der Waals surface area contributed by atoms with E-state index in [4.69, 9.17) is 32.7 Å². The second-order valence-electron chi connectivity index (χ2n) is 9.21. The van der Waals surface area contributed by atoms with Crippen LogP contribution in [0.15, 0.2) is 18.2 Å². The highest BCUT2D eigenvalue weighted by atomic mass is 35.5. The second-order valence-corrected chi connectivity index (χ2v) is 10.0. The summed E-state index contributed by atoms with van der Waals surface area (Å²) in [4.78, 5) is 14.8. The molecule has 0 N–H and O–H groups in total. The van der Waals surface area contributed by atoms with E-state index >= 15 is 0 Å². The van der Waals surface area contributed by atoms with E-state index in [1.165, 1.54) is 5.56 Å². The first-order valence-corrected chi connectivity index (χ1v) is 10.2. The number of rotatable bonds is 3. The van der Waals surface area contributed by atoms with Crippen LogP contribution in [0.2, 0.25) is 10.0 Å². The van der Waals surface area contributed by atoms with Gasteiger partial charge in [0.2, 0.25) is 0 Å². The number of nitrogens with zero attached hydrogens (tertiary/aromatic N) is 1. The van der Waals surface area contributed by atoms with Crippen LogP contribution in [-0.4, -0.2) is 42.9 Å². The molecule has 1 amide bonds. The van der Waals surface area contributed by atoms with Crippen molar-refractivity contribution in [3.05, 3.63) is 33.8 Å². The highest BCUT2D eigenvalue weighted by molar-refractivity contribution is 6.42. The van der Waals surface area contributed by atoms with Crippen molar-refractivity contribution in [1.82, 2.24) is 4.90 Å². The van der Waals surface area contributed by atoms with Gasteiger partial charge in [-0.3, -0.25) is 0 Å². The van der Waals surface area contributed by atoms with Crippen molar-refractivity contribution >= 4 is 29.3 Å². The molecule has 4 nitrogen and oxygen atoms in total. The molecule has 1 aliphatic carbocycles. The van der Waals surface area contributed by atoms with Crippen LogP contribution in [0.25, 0.3) is 0 Å². The van der Waals surface area contributed by atoms with Crippen LogP contribution >= 0.6 is 23.2 Å². The van der Waals surface area contributed by atoms with Gasteiger partial charge in [-0.2, -0.15) is 0 Å². The Hall–Kier alpha value is -0.970. The molecule has 2 aliphatic rings. The van der Waals surface area contributed by atoms with E-state index in [2.05, 4.69) is 13.0 Å². The Morgan fingerprint density at radius 3 is 2.59 bits per heavy atom. The number of carbonyl (C=O) groups excluding carboxylic acids is 1. The first-order chi connectivity index (χ1) is 12.5. The monoisotopic (exact) mass is 413 g/mol. The average molecular weight is 414 g/mol. The maximum absolute atomic E-state index is 12.9. The molecule has 1 heterocycles. The highest BCUT2D eigenvalue weighted by Gasteiger charge is 2.60. The molecule has 1 aromatic rings. The number of carbonyl (C=O) groups is 1. The maximum Gasteiger partial charge on any atom is 0.410 e. The predicted molar refractivity (Wildman–Crippen MR) is 109 cm³/mol. The summed E-state index contributed by atoms with van der Waals surface area (Å²) in [6.07, 6.45) is 2.57. The lowest BCUT2D eigenvalue weighted by Crippen LogP contribution is -2.59. The van der Waals surface area contributed by atoms with E-state index in [9.17, 15) is 4.79 Å². The van der Waals surface area contributed by atoms with Crippen LogP contribution in [0, 0.1) is 5.41 Å². The van der Waals surface area contributed by atoms with Gasteiger partial charge >= 0.3 is 6.09 Å². The Kier molecular flexibility index (Phi) is 5.48. The summed E-state index contributed by atoms with van der Waals surface area (Å²) in [6.45, 7) is 9.06. The number of hydrogen-bond acceptors (Lipinski definition) is 3. The molecular formula is C21H29Cl2NO3. The number of fused-ring (bicyclic) bond motifs is 2. The zero-order valence-corrected chi connectivity index (χ0v) is 18.3. The van der Waals surface area contributed by atoms with E-state index in [0.717, 1.165) is 19.3 Å². The molecule has 1 aliphatic heterocycles. The van der Waals surface area contributed by atoms with Crippen molar-refractivity contribution < 1.29 is 14.3 Å². The van der Waals surface area contributed by atoms with Crippen LogP contribution in [-0.2, 0) is 14.9 Å². The molecule has 3 rings (SSSR count). The average Bonchev–Trinajstić information content (AvgIpc) is 2.96. The minimum atomic E-state index is -0.508. The van der Waals surface area contributed by atoms with Crippen molar-refractivity contribution in [3.63, 3.8) is 0 Å². The van der Waals surface area contributed by atoms with Gasteiger partial charge in [-0.15, -0.1) is 0 Å². The van der Waals surface area contributed by atoms with Crippen LogP contribution in [0.1, 0.15) is 52.5 Å². The number of piperidine rings is 1. The fourth-order valence-corrected chi connectivity index (χ4v) is 5.23. The lowest BCUT2D eigenvalue weighted by molar-refractivity contribution is -0.0487. The molecule has 27 heavy (non-hydrogen) atoms. The molecule has 2 bridgehead atoms. The second kappa shape index (κ2) is 7.13. The Labute approximate surface area is 172 Å². The summed E-state index contributed by atoms with van der Waals surface area (Å²) in [7, 11) is 1.71. The summed E-state index contributed by atoms with van der Waals surface area (Å²) in [5.41, 5.74) is 0.331. The van der Waals surface area contributed by atoms with Gasteiger partial charge in [0, 0.05) is 30.5 Å². The molecule has 1 aromatic carbocycles. The number of ether oxygens (including phenoxy) is 2. The first kappa shape index (κ1) is 20.8. The van der Waals surface area contributed by atoms with E-state index in [1.54, 1.807) is 7.11 Å². The standard InChI is InChI=1S/C21H29Cl2NO3/c1-19(2,3)27-18(25)24-12-20(4,13-26-5)21(9-8-15(24)11-21)14-6-7-16(22)17(23)10-14/h6-7,10,15H,8-9,11-13H2,1-5H3/t15-,20-,21-/m0/s1. The molecule has 0 aromatic heterocycles. The Balaban J connectivity index is 1.98. The number of halogens is 2. The van der Waals surface area contributed by atoms with Gasteiger partial charge in [-0.25, -0.2) is 4.79 Å². The van der Waals surface area contributed by atoms with Crippen LogP contribution in [0.4, 0.5) is 4.79 Å². The molecule has 0 unspecified atom stereocenters. The molecule has 0 spiro atoms. The highest BCUT2D eigenvalue weighted by Crippen LogP contribution is 2.58. The molecule has 0 radical (unpaired) electrons. The summed E-state index contributed by atoms with van der Waals surface area (Å²) in [5.74, 6) is 0. The zero-order chi connectivity index (χ0) is 20.0. The lowest BCUT2D eigenvalue weighted by atomic mass is 9.58. The molecular weight excluding hydrogens is 385 g/mol. The fraction of sp³-hybridized carbons (Fsp3) is 0.667. The molecule has 3 atom stereocenters. The molecule has 1 saturated carbocycles. The van der Waals surface area contributed by atoms with Gasteiger partial charge in [0.1, 0.15) is 5.60 Å². The Morgan fingerprint density at radius 2 is 2.00 bits per heavy atom. The molecule has 150 valence electrons. The molecule has 6 heteroatoms. The van der Waals surface area contributed by atoms with E-state index < -0.39 is 5.60 Å². The van der Waals surface area contributed by atoms with Gasteiger partial charge in [0.05, 0.1) is 16.7 Å². The van der Waals surface area contributed by atoms with Gasteiger partial charge in [0.25, 0.3) is 0 Å². The van der Waals surface area contributed by atoms with Crippen molar-refractivity contribution in [1.29, 1.82) is 0 Å². The van der Waals surface area contributed by atoms with E-state index in [1.807, 2.05) is 37.8 Å². The maximum atomic E-state index is 12.9. The summed E-state index contributed by atoms with van der Waals surface area (Å²) in [6, 6.07) is 6.10. The van der Waals surface area contributed by atoms with Gasteiger partial charge in [0.15, 0.2) is 0 Å². The van der Waals surface area contributed by atoms with Gasteiger partial charge < -0.3 is 14.4 Å². The third kappa shape index (κ3) is 3.68. The first-order valence-electron chi connectivity index (χ1n) is 9.45. The van der Waals surface area contributed by atoms with Crippen LogP contribution < -0.4 is 0 Å². The van der Waals surface area contributed by atoms with Gasteiger partial charge in [-0.05, 0) is 57.7 Å². The quantitative estimate of drug-likeness (QED) is 0.638. The minimum Gasteiger partial charge on any atom is -0.444 e. The Bertz CT molecular complexity index is 733. The summed E-state index contributed by atoms with van der Waals surface area (Å²) >= 11 is 12.5. The normalized spacial score (nSPS) is 30.5. The van der Waals surface area contributed by atoms with Crippen LogP contribution in [0.3, 0.4) is 0 Å². The van der Waals surface area contributed by atoms with Gasteiger partial charge in [-0.1, -0.05) is 36.2 Å². The van der Waals surface area contributed by atoms with Crippen LogP contribution in [0.5, 0.6) is 0 Å². The van der Waals surface area contributed by atoms with E-state index in [-0.39, 0.29) is 23.0 Å². The number of amides is 1. The Morgan fingerprint density at radius 1 is 1.30 bits per heavy atom. The number of likely N-dealkylation sites (tertiary alicyclic amines) is 1. The van der Waals surface area contributed by atoms with Crippen molar-refractivity contribution in [2.24, 2.45) is 5.41 Å². The minimum absolute atomic E-state index is 0.0968. The van der Waals surface area contributed by atoms with Crippen molar-refractivity contribution in [2.45, 2.75) is 64.0 Å². The number of methoxy groups -OCH3 is 1. The lowest BCUT2D eigenvalue weighted by Gasteiger charge is -2.53. The summed E-state index contributed by atoms with van der Waals surface area (Å²) < 4.78 is 11.3. The van der Waals surface area contributed by atoms with Crippen molar-refractivity contribution in [3.8, 4) is 0 Å². The smallest absolute Gasteiger partial charge is 0.410 e. The SMILES string of the molecule is COC[C@]1(C)CN(C(=O)OC(C)(C)C)[C@H]2CC[C@@]1(c1ccc(Cl)c(Cl)c1)C2. The topological polar surface area (TPSA) is 38.8 Å². The third-order valence-electron chi connectivity index (χ3n) is 6.17. The third-order valence-corrected chi connectivity index (χ3v) is 6.91. The fourth-order valence-electron chi connectivity index (χ4n) is 4.93.